The largest absolute Gasteiger partial charge is 0.598 e. The van der Waals surface area contributed by atoms with Crippen LogP contribution in [0.2, 0.25) is 25.7 Å². The van der Waals surface area contributed by atoms with Gasteiger partial charge in [-0.15, -0.1) is 4.72 Å². The molecule has 0 saturated heterocycles. The molecule has 47 heavy (non-hydrogen) atoms. The number of fused-ring (bicyclic) bond motifs is 1. The highest BCUT2D eigenvalue weighted by atomic mass is 32.2. The van der Waals surface area contributed by atoms with Crippen LogP contribution >= 0.6 is 0 Å². The van der Waals surface area contributed by atoms with Crippen LogP contribution in [-0.2, 0) is 32.3 Å². The molecule has 2 aromatic rings. The molecule has 0 spiro atoms. The fourth-order valence-corrected chi connectivity index (χ4v) is 5.95. The smallest absolute Gasteiger partial charge is 0.414 e. The summed E-state index contributed by atoms with van der Waals surface area (Å²) in [5, 5.41) is 2.60. The average Bonchev–Trinajstić information content (AvgIpc) is 3.28. The Morgan fingerprint density at radius 1 is 1.06 bits per heavy atom. The molecule has 0 amide bonds. The van der Waals surface area contributed by atoms with Gasteiger partial charge in [0.05, 0.1) is 24.3 Å². The minimum absolute atomic E-state index is 0.00104. The fraction of sp³-hybridized carbons (Fsp3) is 0.759. The lowest BCUT2D eigenvalue weighted by Gasteiger charge is -2.32. The summed E-state index contributed by atoms with van der Waals surface area (Å²) in [5.41, 5.74) is 5.14. The first-order valence-corrected chi connectivity index (χ1v) is 19.9. The highest BCUT2D eigenvalue weighted by Gasteiger charge is 2.42. The number of alkyl halides is 6. The number of hydrogen-bond acceptors (Lipinski definition) is 8. The van der Waals surface area contributed by atoms with Crippen LogP contribution < -0.4 is 15.8 Å². The van der Waals surface area contributed by atoms with Crippen LogP contribution in [0.5, 0.6) is 0 Å². The van der Waals surface area contributed by atoms with Crippen molar-refractivity contribution >= 4 is 30.5 Å². The molecule has 0 fully saturated rings. The Labute approximate surface area is 275 Å². The highest BCUT2D eigenvalue weighted by Crippen LogP contribution is 2.33. The standard InChI is InChI=1S/C29H48F7N5O4SSi/c1-17(45-18(2)28(31,32)33)24(40-46(42)27(3,4)5)26-39-25-21(41(26)16-44-12-13-47(7,8)9)11-10-19(23(25)30)20(15-43-6)38-14-22(37)29(34,35)36/h10-11,17-18,20,22,24,38,40H,12-16,37H2,1-9H3/t17-,18-,20-,22+,24+,46+/m1/s1. The van der Waals surface area contributed by atoms with Gasteiger partial charge in [-0.3, -0.25) is 0 Å². The van der Waals surface area contributed by atoms with Gasteiger partial charge >= 0.3 is 12.4 Å². The van der Waals surface area contributed by atoms with Gasteiger partial charge in [-0.05, 0) is 46.7 Å². The lowest BCUT2D eigenvalue weighted by Crippen LogP contribution is -2.47. The Balaban J connectivity index is 2.71. The molecule has 2 rings (SSSR count). The van der Waals surface area contributed by atoms with E-state index in [2.05, 4.69) is 34.7 Å². The Morgan fingerprint density at radius 2 is 1.68 bits per heavy atom. The molecule has 1 aromatic heterocycles. The van der Waals surface area contributed by atoms with Crippen LogP contribution in [-0.4, -0.2) is 84.4 Å². The third-order valence-electron chi connectivity index (χ3n) is 7.27. The highest BCUT2D eigenvalue weighted by molar-refractivity contribution is 7.90. The number of imidazole rings is 1. The first-order chi connectivity index (χ1) is 21.4. The first-order valence-electron chi connectivity index (χ1n) is 15.1. The molecule has 1 heterocycles. The normalized spacial score (nSPS) is 17.5. The maximum absolute atomic E-state index is 16.3. The molecule has 4 N–H and O–H groups in total. The third-order valence-corrected chi connectivity index (χ3v) is 10.6. The second-order valence-corrected chi connectivity index (χ2v) is 21.3. The summed E-state index contributed by atoms with van der Waals surface area (Å²) in [6.07, 6.45) is -12.8. The molecule has 9 nitrogen and oxygen atoms in total. The van der Waals surface area contributed by atoms with Crippen molar-refractivity contribution in [3.8, 4) is 0 Å². The number of ether oxygens (including phenoxy) is 3. The van der Waals surface area contributed by atoms with Gasteiger partial charge in [0.25, 0.3) is 0 Å². The number of nitrogens with zero attached hydrogens (tertiary/aromatic N) is 2. The van der Waals surface area contributed by atoms with E-state index in [-0.39, 0.29) is 35.8 Å². The van der Waals surface area contributed by atoms with Crippen LogP contribution in [0, 0.1) is 5.82 Å². The number of nitrogens with two attached hydrogens (primary N) is 1. The van der Waals surface area contributed by atoms with E-state index in [1.807, 2.05) is 0 Å². The van der Waals surface area contributed by atoms with Gasteiger partial charge in [0, 0.05) is 45.3 Å². The van der Waals surface area contributed by atoms with Gasteiger partial charge in [0.15, 0.2) is 11.9 Å². The zero-order chi connectivity index (χ0) is 36.1. The van der Waals surface area contributed by atoms with Crippen molar-refractivity contribution in [2.24, 2.45) is 5.73 Å². The van der Waals surface area contributed by atoms with Gasteiger partial charge in [0.2, 0.25) is 0 Å². The topological polar surface area (TPSA) is 119 Å². The number of nitrogens with one attached hydrogen (secondary N) is 2. The molecular weight excluding hydrogens is 675 g/mol. The Kier molecular flexibility index (Phi) is 14.6. The second kappa shape index (κ2) is 16.5. The Morgan fingerprint density at radius 3 is 2.19 bits per heavy atom. The fourth-order valence-electron chi connectivity index (χ4n) is 4.31. The van der Waals surface area contributed by atoms with E-state index >= 15 is 4.39 Å². The second-order valence-electron chi connectivity index (χ2n) is 13.6. The summed E-state index contributed by atoms with van der Waals surface area (Å²) >= 11 is -1.83. The molecule has 6 atom stereocenters. The number of hydrogen-bond donors (Lipinski definition) is 3. The van der Waals surface area contributed by atoms with E-state index in [1.165, 1.54) is 30.7 Å². The summed E-state index contributed by atoms with van der Waals surface area (Å²) in [6.45, 7) is 12.9. The quantitative estimate of drug-likeness (QED) is 0.0776. The maximum Gasteiger partial charge on any atom is 0.414 e. The monoisotopic (exact) mass is 723 g/mol. The molecule has 272 valence electrons. The van der Waals surface area contributed by atoms with Crippen LogP contribution in [0.1, 0.15) is 58.1 Å². The van der Waals surface area contributed by atoms with Crippen LogP contribution in [0.4, 0.5) is 30.7 Å². The first kappa shape index (κ1) is 41.7. The Hall–Kier alpha value is -1.51. The summed E-state index contributed by atoms with van der Waals surface area (Å²) in [7, 11) is -0.218. The molecule has 0 aliphatic rings. The van der Waals surface area contributed by atoms with Crippen molar-refractivity contribution in [1.29, 1.82) is 0 Å². The lowest BCUT2D eigenvalue weighted by molar-refractivity contribution is -0.227. The van der Waals surface area contributed by atoms with Crippen LogP contribution in [0.25, 0.3) is 11.0 Å². The van der Waals surface area contributed by atoms with E-state index < -0.39 is 79.2 Å². The van der Waals surface area contributed by atoms with Crippen LogP contribution in [0.3, 0.4) is 0 Å². The van der Waals surface area contributed by atoms with Crippen LogP contribution in [0.15, 0.2) is 12.1 Å². The van der Waals surface area contributed by atoms with Crippen molar-refractivity contribution in [3.05, 3.63) is 29.3 Å². The van der Waals surface area contributed by atoms with Crippen molar-refractivity contribution in [3.63, 3.8) is 0 Å². The maximum atomic E-state index is 16.3. The molecular formula is C29H48F7N5O4SSi. The van der Waals surface area contributed by atoms with Gasteiger partial charge in [-0.2, -0.15) is 26.3 Å². The minimum atomic E-state index is -4.69. The number of halogens is 7. The summed E-state index contributed by atoms with van der Waals surface area (Å²) in [5.74, 6) is -0.897. The van der Waals surface area contributed by atoms with E-state index in [0.717, 1.165) is 13.0 Å². The van der Waals surface area contributed by atoms with E-state index in [0.29, 0.717) is 6.61 Å². The van der Waals surface area contributed by atoms with Crippen molar-refractivity contribution < 1.29 is 49.5 Å². The van der Waals surface area contributed by atoms with E-state index in [9.17, 15) is 30.9 Å². The third kappa shape index (κ3) is 12.1. The zero-order valence-electron chi connectivity index (χ0n) is 28.2. The van der Waals surface area contributed by atoms with Gasteiger partial charge in [-0.25, -0.2) is 9.37 Å². The zero-order valence-corrected chi connectivity index (χ0v) is 30.1. The van der Waals surface area contributed by atoms with Crippen molar-refractivity contribution in [2.75, 3.05) is 26.9 Å². The molecule has 0 aliphatic carbocycles. The number of benzene rings is 1. The molecule has 18 heteroatoms. The van der Waals surface area contributed by atoms with Gasteiger partial charge < -0.3 is 34.4 Å². The average molecular weight is 724 g/mol. The molecule has 0 radical (unpaired) electrons. The van der Waals surface area contributed by atoms with Gasteiger partial charge in [0.1, 0.15) is 34.9 Å². The predicted octanol–water partition coefficient (Wildman–Crippen LogP) is 6.10. The van der Waals surface area contributed by atoms with E-state index in [4.69, 9.17) is 19.9 Å². The van der Waals surface area contributed by atoms with Crippen molar-refractivity contribution in [1.82, 2.24) is 19.6 Å². The molecule has 0 aliphatic heterocycles. The summed E-state index contributed by atoms with van der Waals surface area (Å²) in [6, 6.07) is -0.884. The number of methoxy groups -OCH3 is 1. The summed E-state index contributed by atoms with van der Waals surface area (Å²) in [4.78, 5) is 4.49. The molecule has 0 unspecified atom stereocenters. The lowest BCUT2D eigenvalue weighted by atomic mass is 10.1. The molecule has 0 bridgehead atoms. The number of rotatable bonds is 17. The number of aromatic nitrogens is 2. The molecule has 0 saturated carbocycles. The molecule has 1 aromatic carbocycles. The summed E-state index contributed by atoms with van der Waals surface area (Å²) < 4.78 is 129. The Bertz CT molecular complexity index is 1290. The van der Waals surface area contributed by atoms with Gasteiger partial charge in [-0.1, -0.05) is 25.7 Å². The van der Waals surface area contributed by atoms with Crippen molar-refractivity contribution in [2.45, 2.75) is 114 Å². The van der Waals surface area contributed by atoms with E-state index in [1.54, 1.807) is 20.8 Å². The predicted molar refractivity (Wildman–Crippen MR) is 170 cm³/mol. The SMILES string of the molecule is COC[C@@H](NC[C@H](N)C(F)(F)F)c1ccc2c(nc([C@@H](N[S@@+]([O-])C(C)(C)C)[C@@H](C)O[C@H](C)C(F)(F)F)n2COCC[Si](C)(C)C)c1F. The minimum Gasteiger partial charge on any atom is -0.598 e.